The number of piperidine rings is 1. The van der Waals surface area contributed by atoms with E-state index in [1.807, 2.05) is 30.2 Å². The predicted octanol–water partition coefficient (Wildman–Crippen LogP) is 3.55. The zero-order chi connectivity index (χ0) is 19.3. The van der Waals surface area contributed by atoms with Crippen molar-refractivity contribution in [3.8, 4) is 17.1 Å². The van der Waals surface area contributed by atoms with Crippen LogP contribution in [-0.4, -0.2) is 45.5 Å². The van der Waals surface area contributed by atoms with Crippen molar-refractivity contribution in [1.29, 1.82) is 0 Å². The highest BCUT2D eigenvalue weighted by Gasteiger charge is 2.29. The number of likely N-dealkylation sites (tertiary alicyclic amines) is 1. The molecule has 1 aliphatic rings. The maximum absolute atomic E-state index is 12.9. The third-order valence-corrected chi connectivity index (χ3v) is 4.91. The second kappa shape index (κ2) is 8.21. The first-order valence-corrected chi connectivity index (χ1v) is 9.48. The summed E-state index contributed by atoms with van der Waals surface area (Å²) in [5.41, 5.74) is 2.98. The maximum atomic E-state index is 12.9. The summed E-state index contributed by atoms with van der Waals surface area (Å²) < 4.78 is 10.8. The monoisotopic (exact) mass is 378 g/mol. The molecule has 0 N–H and O–H groups in total. The standard InChI is InChI=1S/C21H22N4O3/c1-2-27-19-6-5-18(28-19)21(26)25-11-3-4-16(13-25)20-17(12-23-14-24-20)15-7-9-22-10-8-15/h5-10,12,14,16H,2-4,11,13H2,1H3/t16-/m0/s1. The van der Waals surface area contributed by atoms with Gasteiger partial charge in [0.1, 0.15) is 6.33 Å². The van der Waals surface area contributed by atoms with Crippen LogP contribution in [-0.2, 0) is 0 Å². The van der Waals surface area contributed by atoms with E-state index >= 15 is 0 Å². The number of furan rings is 1. The fraction of sp³-hybridized carbons (Fsp3) is 0.333. The van der Waals surface area contributed by atoms with E-state index in [1.165, 1.54) is 0 Å². The van der Waals surface area contributed by atoms with Crippen molar-refractivity contribution < 1.29 is 13.9 Å². The van der Waals surface area contributed by atoms with Gasteiger partial charge in [-0.1, -0.05) is 0 Å². The van der Waals surface area contributed by atoms with E-state index in [0.29, 0.717) is 31.4 Å². The minimum atomic E-state index is -0.116. The fourth-order valence-corrected chi connectivity index (χ4v) is 3.61. The highest BCUT2D eigenvalue weighted by Crippen LogP contribution is 2.33. The van der Waals surface area contributed by atoms with Crippen molar-refractivity contribution in [3.63, 3.8) is 0 Å². The van der Waals surface area contributed by atoms with Crippen molar-refractivity contribution in [3.05, 3.63) is 60.6 Å². The molecular weight excluding hydrogens is 356 g/mol. The lowest BCUT2D eigenvalue weighted by molar-refractivity contribution is 0.0666. The summed E-state index contributed by atoms with van der Waals surface area (Å²) in [4.78, 5) is 27.6. The van der Waals surface area contributed by atoms with Crippen molar-refractivity contribution in [1.82, 2.24) is 19.9 Å². The van der Waals surface area contributed by atoms with Crippen LogP contribution in [0.15, 0.2) is 53.6 Å². The Morgan fingerprint density at radius 3 is 2.93 bits per heavy atom. The van der Waals surface area contributed by atoms with Gasteiger partial charge in [-0.2, -0.15) is 0 Å². The van der Waals surface area contributed by atoms with Gasteiger partial charge in [-0.3, -0.25) is 9.78 Å². The van der Waals surface area contributed by atoms with Crippen LogP contribution in [0.25, 0.3) is 11.1 Å². The number of hydrogen-bond acceptors (Lipinski definition) is 6. The zero-order valence-corrected chi connectivity index (χ0v) is 15.7. The number of carbonyl (C=O) groups excluding carboxylic acids is 1. The molecule has 4 rings (SSSR count). The highest BCUT2D eigenvalue weighted by atomic mass is 16.6. The summed E-state index contributed by atoms with van der Waals surface area (Å²) in [7, 11) is 0. The molecule has 3 aromatic rings. The Balaban J connectivity index is 1.55. The number of aromatic nitrogens is 3. The second-order valence-corrected chi connectivity index (χ2v) is 6.70. The fourth-order valence-electron chi connectivity index (χ4n) is 3.61. The lowest BCUT2D eigenvalue weighted by Gasteiger charge is -2.32. The zero-order valence-electron chi connectivity index (χ0n) is 15.7. The summed E-state index contributed by atoms with van der Waals surface area (Å²) in [5, 5.41) is 0. The molecule has 144 valence electrons. The van der Waals surface area contributed by atoms with Crippen LogP contribution in [0.2, 0.25) is 0 Å². The minimum Gasteiger partial charge on any atom is -0.465 e. The topological polar surface area (TPSA) is 81.4 Å². The van der Waals surface area contributed by atoms with Gasteiger partial charge >= 0.3 is 0 Å². The van der Waals surface area contributed by atoms with Gasteiger partial charge in [0.05, 0.1) is 12.3 Å². The number of hydrogen-bond donors (Lipinski definition) is 0. The van der Waals surface area contributed by atoms with E-state index in [-0.39, 0.29) is 11.8 Å². The van der Waals surface area contributed by atoms with E-state index < -0.39 is 0 Å². The minimum absolute atomic E-state index is 0.116. The third kappa shape index (κ3) is 3.74. The smallest absolute Gasteiger partial charge is 0.289 e. The van der Waals surface area contributed by atoms with Gasteiger partial charge < -0.3 is 14.1 Å². The molecule has 1 saturated heterocycles. The van der Waals surface area contributed by atoms with Crippen LogP contribution in [0.4, 0.5) is 0 Å². The predicted molar refractivity (Wildman–Crippen MR) is 103 cm³/mol. The van der Waals surface area contributed by atoms with E-state index in [4.69, 9.17) is 9.15 Å². The van der Waals surface area contributed by atoms with Gasteiger partial charge in [-0.15, -0.1) is 0 Å². The normalized spacial score (nSPS) is 16.8. The highest BCUT2D eigenvalue weighted by molar-refractivity contribution is 5.91. The molecule has 0 radical (unpaired) electrons. The molecule has 0 aliphatic carbocycles. The van der Waals surface area contributed by atoms with Gasteiger partial charge in [-0.05, 0) is 43.5 Å². The number of nitrogens with zero attached hydrogens (tertiary/aromatic N) is 4. The van der Waals surface area contributed by atoms with Crippen LogP contribution in [0, 0.1) is 0 Å². The Labute approximate surface area is 163 Å². The molecule has 0 spiro atoms. The number of pyridine rings is 1. The van der Waals surface area contributed by atoms with Crippen LogP contribution < -0.4 is 4.74 Å². The molecule has 1 aliphatic heterocycles. The SMILES string of the molecule is CCOc1ccc(C(=O)N2CCC[C@H](c3ncncc3-c3ccncc3)C2)o1. The second-order valence-electron chi connectivity index (χ2n) is 6.70. The molecule has 1 amide bonds. The van der Waals surface area contributed by atoms with Crippen LogP contribution >= 0.6 is 0 Å². The Bertz CT molecular complexity index is 942. The van der Waals surface area contributed by atoms with Gasteiger partial charge in [0.25, 0.3) is 11.9 Å². The molecule has 0 unspecified atom stereocenters. The summed E-state index contributed by atoms with van der Waals surface area (Å²) in [6.07, 6.45) is 8.81. The molecule has 28 heavy (non-hydrogen) atoms. The average Bonchev–Trinajstić information content (AvgIpc) is 3.23. The molecule has 0 aromatic carbocycles. The van der Waals surface area contributed by atoms with E-state index in [1.54, 1.807) is 30.9 Å². The lowest BCUT2D eigenvalue weighted by atomic mass is 9.90. The van der Waals surface area contributed by atoms with Crippen molar-refractivity contribution in [2.45, 2.75) is 25.7 Å². The Hall–Kier alpha value is -3.22. The van der Waals surface area contributed by atoms with E-state index in [0.717, 1.165) is 29.7 Å². The molecule has 4 heterocycles. The van der Waals surface area contributed by atoms with Crippen molar-refractivity contribution >= 4 is 5.91 Å². The van der Waals surface area contributed by atoms with Gasteiger partial charge in [-0.25, -0.2) is 9.97 Å². The van der Waals surface area contributed by atoms with Gasteiger partial charge in [0.2, 0.25) is 0 Å². The van der Waals surface area contributed by atoms with E-state index in [2.05, 4.69) is 15.0 Å². The van der Waals surface area contributed by atoms with E-state index in [9.17, 15) is 4.79 Å². The lowest BCUT2D eigenvalue weighted by Crippen LogP contribution is -2.39. The number of rotatable bonds is 5. The molecule has 7 nitrogen and oxygen atoms in total. The summed E-state index contributed by atoms with van der Waals surface area (Å²) in [5.74, 6) is 0.705. The molecule has 1 atom stereocenters. The van der Waals surface area contributed by atoms with Crippen molar-refractivity contribution in [2.24, 2.45) is 0 Å². The third-order valence-electron chi connectivity index (χ3n) is 4.91. The average molecular weight is 378 g/mol. The Kier molecular flexibility index (Phi) is 5.32. The number of ether oxygens (including phenoxy) is 1. The first kappa shape index (κ1) is 18.2. The summed E-state index contributed by atoms with van der Waals surface area (Å²) in [6.45, 7) is 3.67. The maximum Gasteiger partial charge on any atom is 0.289 e. The summed E-state index contributed by atoms with van der Waals surface area (Å²) >= 11 is 0. The first-order valence-electron chi connectivity index (χ1n) is 9.48. The van der Waals surface area contributed by atoms with Crippen LogP contribution in [0.3, 0.4) is 0 Å². The molecule has 1 fully saturated rings. The van der Waals surface area contributed by atoms with Crippen LogP contribution in [0.5, 0.6) is 5.95 Å². The number of carbonyl (C=O) groups is 1. The Morgan fingerprint density at radius 1 is 1.25 bits per heavy atom. The van der Waals surface area contributed by atoms with Gasteiger partial charge in [0, 0.05) is 49.2 Å². The van der Waals surface area contributed by atoms with Crippen LogP contribution in [0.1, 0.15) is 41.9 Å². The molecule has 0 saturated carbocycles. The number of amides is 1. The molecular formula is C21H22N4O3. The Morgan fingerprint density at radius 2 is 2.11 bits per heavy atom. The first-order chi connectivity index (χ1) is 13.8. The molecule has 7 heteroatoms. The largest absolute Gasteiger partial charge is 0.465 e. The van der Waals surface area contributed by atoms with Gasteiger partial charge in [0.15, 0.2) is 5.76 Å². The quantitative estimate of drug-likeness (QED) is 0.675. The molecule has 3 aromatic heterocycles. The molecule has 0 bridgehead atoms. The van der Waals surface area contributed by atoms with Crippen molar-refractivity contribution in [2.75, 3.05) is 19.7 Å². The summed E-state index contributed by atoms with van der Waals surface area (Å²) in [6, 6.07) is 7.26.